The Morgan fingerprint density at radius 3 is 2.67 bits per heavy atom. The number of aromatic nitrogens is 2. The van der Waals surface area contributed by atoms with Gasteiger partial charge in [-0.15, -0.1) is 5.10 Å². The topological polar surface area (TPSA) is 75.4 Å². The van der Waals surface area contributed by atoms with Crippen LogP contribution >= 0.6 is 12.2 Å². The summed E-state index contributed by atoms with van der Waals surface area (Å²) in [6, 6.07) is 1.70. The Kier molecular flexibility index (Phi) is 4.96. The summed E-state index contributed by atoms with van der Waals surface area (Å²) >= 11 is 4.97. The van der Waals surface area contributed by atoms with Gasteiger partial charge in [0.2, 0.25) is 5.91 Å². The fourth-order valence-corrected chi connectivity index (χ4v) is 1.55. The molecule has 1 rings (SSSR count). The van der Waals surface area contributed by atoms with E-state index in [1.165, 1.54) is 11.1 Å². The minimum absolute atomic E-state index is 0.0172. The van der Waals surface area contributed by atoms with Gasteiger partial charge in [-0.2, -0.15) is 5.10 Å². The molecule has 0 unspecified atom stereocenters. The van der Waals surface area contributed by atoms with Crippen molar-refractivity contribution in [2.75, 3.05) is 32.1 Å². The molecule has 0 aliphatic heterocycles. The summed E-state index contributed by atoms with van der Waals surface area (Å²) in [5.74, 6) is 0.527. The fourth-order valence-electron chi connectivity index (χ4n) is 1.39. The summed E-state index contributed by atoms with van der Waals surface area (Å²) in [5, 5.41) is 7.84. The number of rotatable bonds is 5. The van der Waals surface area contributed by atoms with Gasteiger partial charge in [0.1, 0.15) is 4.99 Å². The fraction of sp³-hybridized carbons (Fsp3) is 0.455. The molecule has 1 amide bonds. The van der Waals surface area contributed by atoms with Gasteiger partial charge in [0.25, 0.3) is 0 Å². The molecule has 0 saturated heterocycles. The summed E-state index contributed by atoms with van der Waals surface area (Å²) < 4.78 is 0. The van der Waals surface area contributed by atoms with Crippen LogP contribution in [0.3, 0.4) is 0 Å². The second-order valence-electron chi connectivity index (χ2n) is 3.94. The quantitative estimate of drug-likeness (QED) is 0.758. The predicted octanol–water partition coefficient (Wildman–Crippen LogP) is 0.0253. The van der Waals surface area contributed by atoms with Crippen molar-refractivity contribution in [2.24, 2.45) is 5.73 Å². The highest BCUT2D eigenvalue weighted by molar-refractivity contribution is 7.80. The molecule has 18 heavy (non-hydrogen) atoms. The van der Waals surface area contributed by atoms with E-state index < -0.39 is 0 Å². The highest BCUT2D eigenvalue weighted by Crippen LogP contribution is 2.15. The molecule has 0 aliphatic carbocycles. The number of carbonyl (C=O) groups is 1. The van der Waals surface area contributed by atoms with Crippen molar-refractivity contribution in [3.8, 4) is 0 Å². The Hall–Kier alpha value is -1.76. The molecular formula is C11H17N5OS. The molecule has 6 nitrogen and oxygen atoms in total. The van der Waals surface area contributed by atoms with Crippen molar-refractivity contribution in [3.05, 3.63) is 17.8 Å². The molecule has 0 bridgehead atoms. The molecule has 1 heterocycles. The molecule has 0 atom stereocenters. The number of hydrogen-bond acceptors (Lipinski definition) is 5. The van der Waals surface area contributed by atoms with E-state index in [0.29, 0.717) is 17.9 Å². The number of anilines is 1. The lowest BCUT2D eigenvalue weighted by Gasteiger charge is -2.24. The van der Waals surface area contributed by atoms with E-state index in [1.54, 1.807) is 25.1 Å². The first-order valence-electron chi connectivity index (χ1n) is 5.54. The van der Waals surface area contributed by atoms with Crippen molar-refractivity contribution >= 4 is 28.9 Å². The molecule has 0 spiro atoms. The molecule has 0 saturated carbocycles. The second kappa shape index (κ2) is 6.25. The van der Waals surface area contributed by atoms with E-state index in [9.17, 15) is 4.79 Å². The number of carbonyl (C=O) groups excluding carboxylic acids is 1. The highest BCUT2D eigenvalue weighted by atomic mass is 32.1. The van der Waals surface area contributed by atoms with Crippen LogP contribution in [0.4, 0.5) is 5.82 Å². The van der Waals surface area contributed by atoms with Crippen LogP contribution in [0.15, 0.2) is 12.3 Å². The number of hydrogen-bond donors (Lipinski definition) is 1. The first-order valence-corrected chi connectivity index (χ1v) is 5.94. The Bertz CT molecular complexity index is 449. The molecular weight excluding hydrogens is 250 g/mol. The average molecular weight is 267 g/mol. The van der Waals surface area contributed by atoms with Gasteiger partial charge in [-0.05, 0) is 13.0 Å². The van der Waals surface area contributed by atoms with Crippen LogP contribution in [0.5, 0.6) is 0 Å². The van der Waals surface area contributed by atoms with Crippen molar-refractivity contribution in [1.29, 1.82) is 0 Å². The maximum Gasteiger partial charge on any atom is 0.241 e. The molecule has 0 fully saturated rings. The van der Waals surface area contributed by atoms with Gasteiger partial charge < -0.3 is 15.5 Å². The van der Waals surface area contributed by atoms with Crippen molar-refractivity contribution < 1.29 is 4.79 Å². The second-order valence-corrected chi connectivity index (χ2v) is 4.37. The zero-order valence-electron chi connectivity index (χ0n) is 10.8. The number of thiocarbonyl (C=S) groups is 1. The summed E-state index contributed by atoms with van der Waals surface area (Å²) in [6.07, 6.45) is 1.53. The smallest absolute Gasteiger partial charge is 0.241 e. The molecule has 0 aliphatic rings. The van der Waals surface area contributed by atoms with Gasteiger partial charge in [-0.25, -0.2) is 0 Å². The van der Waals surface area contributed by atoms with Crippen molar-refractivity contribution in [2.45, 2.75) is 6.92 Å². The van der Waals surface area contributed by atoms with E-state index >= 15 is 0 Å². The third-order valence-corrected chi connectivity index (χ3v) is 2.69. The minimum atomic E-state index is -0.0172. The number of nitrogens with two attached hydrogens (primary N) is 1. The first kappa shape index (κ1) is 14.3. The number of nitrogens with zero attached hydrogens (tertiary/aromatic N) is 4. The van der Waals surface area contributed by atoms with Gasteiger partial charge in [0.05, 0.1) is 18.3 Å². The number of likely N-dealkylation sites (N-methyl/N-ethyl adjacent to an activating group) is 2. The molecule has 2 N–H and O–H groups in total. The SMILES string of the molecule is CCN(CC(=O)N(C)C)c1nnccc1C(N)=S. The molecule has 0 radical (unpaired) electrons. The van der Waals surface area contributed by atoms with Gasteiger partial charge in [0.15, 0.2) is 5.82 Å². The van der Waals surface area contributed by atoms with Crippen LogP contribution in [-0.4, -0.2) is 53.2 Å². The minimum Gasteiger partial charge on any atom is -0.389 e. The summed E-state index contributed by atoms with van der Waals surface area (Å²) in [5.41, 5.74) is 6.27. The Balaban J connectivity index is 3.02. The highest BCUT2D eigenvalue weighted by Gasteiger charge is 2.17. The van der Waals surface area contributed by atoms with Gasteiger partial charge in [-0.3, -0.25) is 4.79 Å². The Labute approximate surface area is 112 Å². The third kappa shape index (κ3) is 3.36. The lowest BCUT2D eigenvalue weighted by atomic mass is 10.2. The zero-order chi connectivity index (χ0) is 13.7. The van der Waals surface area contributed by atoms with Gasteiger partial charge >= 0.3 is 0 Å². The van der Waals surface area contributed by atoms with Gasteiger partial charge in [-0.1, -0.05) is 12.2 Å². The lowest BCUT2D eigenvalue weighted by Crippen LogP contribution is -2.38. The van der Waals surface area contributed by atoms with Gasteiger partial charge in [0, 0.05) is 20.6 Å². The molecule has 7 heteroatoms. The van der Waals surface area contributed by atoms with E-state index in [1.807, 2.05) is 6.92 Å². The van der Waals surface area contributed by atoms with Crippen LogP contribution in [0, 0.1) is 0 Å². The summed E-state index contributed by atoms with van der Waals surface area (Å²) in [6.45, 7) is 2.77. The molecule has 98 valence electrons. The molecule has 0 aromatic carbocycles. The lowest BCUT2D eigenvalue weighted by molar-refractivity contribution is -0.127. The predicted molar refractivity (Wildman–Crippen MR) is 74.5 cm³/mol. The third-order valence-electron chi connectivity index (χ3n) is 2.47. The van der Waals surface area contributed by atoms with E-state index in [-0.39, 0.29) is 17.4 Å². The van der Waals surface area contributed by atoms with Crippen LogP contribution in [0.2, 0.25) is 0 Å². The first-order chi connectivity index (χ1) is 8.47. The standard InChI is InChI=1S/C11H17N5OS/c1-4-16(7-9(17)15(2)3)11-8(10(12)18)5-6-13-14-11/h5-6H,4,7H2,1-3H3,(H2,12,18). The van der Waals surface area contributed by atoms with Crippen molar-refractivity contribution in [3.63, 3.8) is 0 Å². The van der Waals surface area contributed by atoms with Crippen molar-refractivity contribution in [1.82, 2.24) is 15.1 Å². The zero-order valence-corrected chi connectivity index (χ0v) is 11.6. The molecule has 1 aromatic rings. The largest absolute Gasteiger partial charge is 0.389 e. The van der Waals surface area contributed by atoms with Crippen LogP contribution < -0.4 is 10.6 Å². The van der Waals surface area contributed by atoms with E-state index in [4.69, 9.17) is 18.0 Å². The normalized spacial score (nSPS) is 9.94. The summed E-state index contributed by atoms with van der Waals surface area (Å²) in [7, 11) is 3.42. The van der Waals surface area contributed by atoms with Crippen LogP contribution in [-0.2, 0) is 4.79 Å². The van der Waals surface area contributed by atoms with E-state index in [2.05, 4.69) is 10.2 Å². The average Bonchev–Trinajstić information content (AvgIpc) is 2.35. The Morgan fingerprint density at radius 1 is 1.50 bits per heavy atom. The van der Waals surface area contributed by atoms with E-state index in [0.717, 1.165) is 0 Å². The monoisotopic (exact) mass is 267 g/mol. The van der Waals surface area contributed by atoms with Crippen LogP contribution in [0.1, 0.15) is 12.5 Å². The maximum atomic E-state index is 11.7. The maximum absolute atomic E-state index is 11.7. The van der Waals surface area contributed by atoms with Crippen LogP contribution in [0.25, 0.3) is 0 Å². The summed E-state index contributed by atoms with van der Waals surface area (Å²) in [4.78, 5) is 15.3. The number of amides is 1. The Morgan fingerprint density at radius 2 is 2.17 bits per heavy atom. The molecule has 1 aromatic heterocycles.